The van der Waals surface area contributed by atoms with E-state index < -0.39 is 21.7 Å². The minimum absolute atomic E-state index is 0.120. The monoisotopic (exact) mass is 436 g/mol. The number of likely N-dealkylation sites (N-methyl/N-ethyl adjacent to an activating group) is 1. The van der Waals surface area contributed by atoms with Crippen molar-refractivity contribution in [2.75, 3.05) is 44.9 Å². The summed E-state index contributed by atoms with van der Waals surface area (Å²) in [7, 11) is 0.763. The molecule has 10 heteroatoms. The molecular formula is C20H25FN4O4S. The third-order valence-corrected chi connectivity index (χ3v) is 6.28. The third kappa shape index (κ3) is 6.01. The minimum Gasteiger partial charge on any atom is -0.376 e. The van der Waals surface area contributed by atoms with E-state index in [1.165, 1.54) is 56.4 Å². The number of amides is 2. The molecular weight excluding hydrogens is 411 g/mol. The van der Waals surface area contributed by atoms with E-state index in [4.69, 9.17) is 0 Å². The van der Waals surface area contributed by atoms with Crippen LogP contribution in [0.2, 0.25) is 0 Å². The summed E-state index contributed by atoms with van der Waals surface area (Å²) in [6.45, 7) is 1.38. The van der Waals surface area contributed by atoms with Gasteiger partial charge in [-0.2, -0.15) is 0 Å². The molecule has 2 aromatic carbocycles. The fourth-order valence-corrected chi connectivity index (χ4v) is 3.68. The number of aryl methyl sites for hydroxylation is 1. The van der Waals surface area contributed by atoms with E-state index in [0.29, 0.717) is 16.9 Å². The van der Waals surface area contributed by atoms with Gasteiger partial charge in [0.1, 0.15) is 5.82 Å². The van der Waals surface area contributed by atoms with Crippen LogP contribution in [-0.2, 0) is 19.6 Å². The Balaban J connectivity index is 1.95. The topological polar surface area (TPSA) is 98.8 Å². The second kappa shape index (κ2) is 9.68. The highest BCUT2D eigenvalue weighted by molar-refractivity contribution is 7.89. The molecule has 0 fully saturated rings. The van der Waals surface area contributed by atoms with Crippen molar-refractivity contribution in [3.63, 3.8) is 0 Å². The van der Waals surface area contributed by atoms with Crippen LogP contribution in [0.15, 0.2) is 47.4 Å². The van der Waals surface area contributed by atoms with Crippen molar-refractivity contribution < 1.29 is 22.4 Å². The Kier molecular flexibility index (Phi) is 7.52. The van der Waals surface area contributed by atoms with Crippen LogP contribution in [0.25, 0.3) is 0 Å². The molecule has 0 aliphatic rings. The molecule has 2 aromatic rings. The molecule has 30 heavy (non-hydrogen) atoms. The van der Waals surface area contributed by atoms with E-state index in [1.807, 2.05) is 0 Å². The number of nitrogens with zero attached hydrogens (tertiary/aromatic N) is 2. The van der Waals surface area contributed by atoms with Crippen molar-refractivity contribution in [1.82, 2.24) is 9.21 Å². The van der Waals surface area contributed by atoms with E-state index >= 15 is 0 Å². The first kappa shape index (κ1) is 23.3. The predicted octanol–water partition coefficient (Wildman–Crippen LogP) is 1.89. The number of rotatable bonds is 8. The second-order valence-corrected chi connectivity index (χ2v) is 9.05. The number of nitrogens with one attached hydrogen (secondary N) is 2. The normalized spacial score (nSPS) is 11.3. The second-order valence-electron chi connectivity index (χ2n) is 6.93. The van der Waals surface area contributed by atoms with E-state index in [2.05, 4.69) is 10.6 Å². The van der Waals surface area contributed by atoms with Gasteiger partial charge in [0, 0.05) is 32.5 Å². The Labute approximate surface area is 175 Å². The van der Waals surface area contributed by atoms with Crippen LogP contribution in [-0.4, -0.2) is 63.7 Å². The molecule has 0 aliphatic heterocycles. The summed E-state index contributed by atoms with van der Waals surface area (Å²) in [5, 5.41) is 5.46. The number of halogens is 1. The smallest absolute Gasteiger partial charge is 0.243 e. The Morgan fingerprint density at radius 2 is 1.60 bits per heavy atom. The lowest BCUT2D eigenvalue weighted by Crippen LogP contribution is -2.38. The number of benzene rings is 2. The average Bonchev–Trinajstić information content (AvgIpc) is 2.68. The standard InChI is InChI=1S/C20H25FN4O4S/c1-14-5-8-17(11-18(14)30(28,29)24(2)3)22-12-20(27)25(4)13-19(26)23-16-9-6-15(21)7-10-16/h5-11,22H,12-13H2,1-4H3,(H,23,26). The van der Waals surface area contributed by atoms with Crippen molar-refractivity contribution in [3.05, 3.63) is 53.8 Å². The van der Waals surface area contributed by atoms with Crippen molar-refractivity contribution in [2.45, 2.75) is 11.8 Å². The van der Waals surface area contributed by atoms with Gasteiger partial charge in [0.15, 0.2) is 0 Å². The first-order valence-corrected chi connectivity index (χ1v) is 10.5. The lowest BCUT2D eigenvalue weighted by Gasteiger charge is -2.18. The summed E-state index contributed by atoms with van der Waals surface area (Å²) >= 11 is 0. The lowest BCUT2D eigenvalue weighted by molar-refractivity contribution is -0.131. The molecule has 0 spiro atoms. The van der Waals surface area contributed by atoms with E-state index in [-0.39, 0.29) is 23.9 Å². The highest BCUT2D eigenvalue weighted by Gasteiger charge is 2.20. The maximum Gasteiger partial charge on any atom is 0.243 e. The van der Waals surface area contributed by atoms with Gasteiger partial charge in [0.2, 0.25) is 21.8 Å². The molecule has 0 radical (unpaired) electrons. The van der Waals surface area contributed by atoms with Crippen LogP contribution >= 0.6 is 0 Å². The lowest BCUT2D eigenvalue weighted by atomic mass is 10.2. The number of hydrogen-bond acceptors (Lipinski definition) is 5. The molecule has 0 heterocycles. The van der Waals surface area contributed by atoms with Gasteiger partial charge in [-0.05, 0) is 48.9 Å². The maximum atomic E-state index is 12.9. The molecule has 8 nitrogen and oxygen atoms in total. The number of anilines is 2. The molecule has 2 N–H and O–H groups in total. The third-order valence-electron chi connectivity index (χ3n) is 4.33. The summed E-state index contributed by atoms with van der Waals surface area (Å²) in [5.41, 5.74) is 1.49. The number of carbonyl (C=O) groups is 2. The quantitative estimate of drug-likeness (QED) is 0.659. The van der Waals surface area contributed by atoms with Crippen molar-refractivity contribution in [3.8, 4) is 0 Å². The summed E-state index contributed by atoms with van der Waals surface area (Å²) in [4.78, 5) is 25.7. The zero-order valence-electron chi connectivity index (χ0n) is 17.3. The minimum atomic E-state index is -3.61. The largest absolute Gasteiger partial charge is 0.376 e. The van der Waals surface area contributed by atoms with Gasteiger partial charge in [-0.3, -0.25) is 9.59 Å². The van der Waals surface area contributed by atoms with Crippen LogP contribution in [0.3, 0.4) is 0 Å². The summed E-state index contributed by atoms with van der Waals surface area (Å²) in [5.74, 6) is -1.20. The Morgan fingerprint density at radius 1 is 1.00 bits per heavy atom. The number of carbonyl (C=O) groups excluding carboxylic acids is 2. The molecule has 0 bridgehead atoms. The summed E-state index contributed by atoms with van der Waals surface area (Å²) in [6.07, 6.45) is 0. The van der Waals surface area contributed by atoms with Crippen LogP contribution in [0.4, 0.5) is 15.8 Å². The van der Waals surface area contributed by atoms with Crippen LogP contribution in [0.1, 0.15) is 5.56 Å². The summed E-state index contributed by atoms with van der Waals surface area (Å²) in [6, 6.07) is 10.1. The molecule has 0 aromatic heterocycles. The highest BCUT2D eigenvalue weighted by atomic mass is 32.2. The van der Waals surface area contributed by atoms with Gasteiger partial charge in [-0.1, -0.05) is 6.07 Å². The zero-order valence-corrected chi connectivity index (χ0v) is 18.1. The van der Waals surface area contributed by atoms with Crippen molar-refractivity contribution in [1.29, 1.82) is 0 Å². The van der Waals surface area contributed by atoms with Gasteiger partial charge >= 0.3 is 0 Å². The molecule has 0 aliphatic carbocycles. The fourth-order valence-electron chi connectivity index (χ4n) is 2.53. The van der Waals surface area contributed by atoms with Crippen LogP contribution < -0.4 is 10.6 Å². The van der Waals surface area contributed by atoms with Gasteiger partial charge in [0.05, 0.1) is 18.0 Å². The van der Waals surface area contributed by atoms with Crippen LogP contribution in [0.5, 0.6) is 0 Å². The van der Waals surface area contributed by atoms with Crippen molar-refractivity contribution >= 4 is 33.2 Å². The molecule has 0 saturated heterocycles. The average molecular weight is 437 g/mol. The molecule has 0 unspecified atom stereocenters. The van der Waals surface area contributed by atoms with Gasteiger partial charge in [-0.15, -0.1) is 0 Å². The summed E-state index contributed by atoms with van der Waals surface area (Å²) < 4.78 is 38.8. The molecule has 0 saturated carbocycles. The molecule has 162 valence electrons. The van der Waals surface area contributed by atoms with E-state index in [1.54, 1.807) is 19.1 Å². The Morgan fingerprint density at radius 3 is 2.20 bits per heavy atom. The van der Waals surface area contributed by atoms with Gasteiger partial charge in [-0.25, -0.2) is 17.1 Å². The number of hydrogen-bond donors (Lipinski definition) is 2. The van der Waals surface area contributed by atoms with Crippen molar-refractivity contribution in [2.24, 2.45) is 0 Å². The van der Waals surface area contributed by atoms with Crippen LogP contribution in [0, 0.1) is 12.7 Å². The Bertz CT molecular complexity index is 1020. The highest BCUT2D eigenvalue weighted by Crippen LogP contribution is 2.22. The number of sulfonamides is 1. The van der Waals surface area contributed by atoms with E-state index in [0.717, 1.165) is 4.31 Å². The molecule has 2 rings (SSSR count). The van der Waals surface area contributed by atoms with Gasteiger partial charge < -0.3 is 15.5 Å². The van der Waals surface area contributed by atoms with Gasteiger partial charge in [0.25, 0.3) is 0 Å². The molecule has 0 atom stereocenters. The SMILES string of the molecule is Cc1ccc(NCC(=O)N(C)CC(=O)Nc2ccc(F)cc2)cc1S(=O)(=O)N(C)C. The van der Waals surface area contributed by atoms with E-state index in [9.17, 15) is 22.4 Å². The predicted molar refractivity (Wildman–Crippen MR) is 113 cm³/mol. The first-order valence-electron chi connectivity index (χ1n) is 9.07. The maximum absolute atomic E-state index is 12.9. The zero-order chi connectivity index (χ0) is 22.5. The molecule has 2 amide bonds. The fraction of sp³-hybridized carbons (Fsp3) is 0.300. The Hall–Kier alpha value is -2.98. The first-order chi connectivity index (χ1) is 14.0.